The number of nitrogens with one attached hydrogen (secondary N) is 1. The highest BCUT2D eigenvalue weighted by molar-refractivity contribution is 6.00. The lowest BCUT2D eigenvalue weighted by Crippen LogP contribution is -2.49. The van der Waals surface area contributed by atoms with Crippen LogP contribution in [0.4, 0.5) is 10.1 Å². The second-order valence-corrected chi connectivity index (χ2v) is 9.32. The van der Waals surface area contributed by atoms with E-state index in [4.69, 9.17) is 0 Å². The first kappa shape index (κ1) is 22.2. The Hall–Kier alpha value is -1.99. The van der Waals surface area contributed by atoms with Gasteiger partial charge in [0, 0.05) is 51.7 Å². The summed E-state index contributed by atoms with van der Waals surface area (Å²) in [5, 5.41) is 2.35. The molecular formula is C24H35FN4O2. The van der Waals surface area contributed by atoms with Gasteiger partial charge in [0.1, 0.15) is 5.82 Å². The first-order valence-corrected chi connectivity index (χ1v) is 11.8. The molecule has 3 aliphatic rings. The molecule has 2 saturated heterocycles. The van der Waals surface area contributed by atoms with E-state index in [0.29, 0.717) is 24.1 Å². The van der Waals surface area contributed by atoms with Gasteiger partial charge in [-0.25, -0.2) is 4.39 Å². The summed E-state index contributed by atoms with van der Waals surface area (Å²) in [6.45, 7) is 5.65. The van der Waals surface area contributed by atoms with E-state index >= 15 is 0 Å². The minimum atomic E-state index is -0.445. The molecule has 3 fully saturated rings. The molecule has 1 atom stereocenters. The van der Waals surface area contributed by atoms with Crippen LogP contribution in [0.25, 0.3) is 0 Å². The molecule has 31 heavy (non-hydrogen) atoms. The topological polar surface area (TPSA) is 55.9 Å². The fraction of sp³-hybridized carbons (Fsp3) is 0.667. The molecule has 0 spiro atoms. The summed E-state index contributed by atoms with van der Waals surface area (Å²) in [5.41, 5.74) is 1.26. The van der Waals surface area contributed by atoms with Crippen molar-refractivity contribution in [2.24, 2.45) is 0 Å². The molecule has 1 saturated carbocycles. The Morgan fingerprint density at radius 1 is 1.06 bits per heavy atom. The number of halogens is 1. The number of carbonyl (C=O) groups excluding carboxylic acids is 2. The number of carbonyl (C=O) groups is 2. The van der Waals surface area contributed by atoms with Crippen LogP contribution in [0.3, 0.4) is 0 Å². The molecule has 2 aliphatic heterocycles. The number of benzene rings is 1. The summed E-state index contributed by atoms with van der Waals surface area (Å²) in [6.07, 6.45) is 7.52. The Bertz CT molecular complexity index is 788. The van der Waals surface area contributed by atoms with Crippen molar-refractivity contribution < 1.29 is 14.0 Å². The fourth-order valence-corrected chi connectivity index (χ4v) is 5.22. The number of imide groups is 1. The predicted octanol–water partition coefficient (Wildman–Crippen LogP) is 2.73. The van der Waals surface area contributed by atoms with Gasteiger partial charge in [-0.15, -0.1) is 0 Å². The summed E-state index contributed by atoms with van der Waals surface area (Å²) in [6, 6.07) is 5.85. The van der Waals surface area contributed by atoms with Gasteiger partial charge in [0.05, 0.1) is 11.6 Å². The minimum Gasteiger partial charge on any atom is -0.367 e. The molecule has 0 radical (unpaired) electrons. The van der Waals surface area contributed by atoms with Crippen molar-refractivity contribution in [3.05, 3.63) is 29.6 Å². The number of hydrogen-bond acceptors (Lipinski definition) is 5. The van der Waals surface area contributed by atoms with Crippen LogP contribution < -0.4 is 10.2 Å². The molecule has 1 unspecified atom stereocenters. The zero-order valence-corrected chi connectivity index (χ0v) is 18.6. The molecule has 170 valence electrons. The van der Waals surface area contributed by atoms with Crippen LogP contribution in [0, 0.1) is 5.82 Å². The number of anilines is 1. The van der Waals surface area contributed by atoms with E-state index in [1.165, 1.54) is 38.2 Å². The summed E-state index contributed by atoms with van der Waals surface area (Å²) in [4.78, 5) is 30.5. The number of piperazine rings is 1. The van der Waals surface area contributed by atoms with Gasteiger partial charge < -0.3 is 9.80 Å². The molecule has 2 heterocycles. The van der Waals surface area contributed by atoms with Gasteiger partial charge in [-0.2, -0.15) is 0 Å². The summed E-state index contributed by atoms with van der Waals surface area (Å²) < 4.78 is 14.9. The van der Waals surface area contributed by atoms with Crippen molar-refractivity contribution in [2.75, 3.05) is 51.2 Å². The van der Waals surface area contributed by atoms with Crippen LogP contribution in [-0.4, -0.2) is 74.0 Å². The molecule has 6 nitrogen and oxygen atoms in total. The van der Waals surface area contributed by atoms with Crippen molar-refractivity contribution in [1.82, 2.24) is 15.1 Å². The number of rotatable bonds is 6. The SMILES string of the molecule is CN(CCN1CCN(c2ccc(C3CCC(=O)NC3=O)cc2F)CC1)C1CCCCC1. The number of hydrogen-bond donors (Lipinski definition) is 1. The Morgan fingerprint density at radius 3 is 2.48 bits per heavy atom. The first-order valence-electron chi connectivity index (χ1n) is 11.8. The third-order valence-electron chi connectivity index (χ3n) is 7.29. The molecule has 4 rings (SSSR count). The van der Waals surface area contributed by atoms with Gasteiger partial charge in [0.25, 0.3) is 0 Å². The second kappa shape index (κ2) is 10.1. The molecule has 1 aromatic carbocycles. The Labute approximate surface area is 184 Å². The van der Waals surface area contributed by atoms with Gasteiger partial charge in [-0.3, -0.25) is 19.8 Å². The average Bonchev–Trinajstić information content (AvgIpc) is 2.78. The van der Waals surface area contributed by atoms with Crippen LogP contribution in [-0.2, 0) is 9.59 Å². The van der Waals surface area contributed by atoms with Gasteiger partial charge in [-0.1, -0.05) is 25.3 Å². The van der Waals surface area contributed by atoms with Crippen molar-refractivity contribution in [3.8, 4) is 0 Å². The zero-order chi connectivity index (χ0) is 21.8. The maximum atomic E-state index is 14.9. The lowest BCUT2D eigenvalue weighted by atomic mass is 9.90. The van der Waals surface area contributed by atoms with Gasteiger partial charge in [0.15, 0.2) is 0 Å². The Kier molecular flexibility index (Phi) is 7.23. The highest BCUT2D eigenvalue weighted by Crippen LogP contribution is 2.29. The van der Waals surface area contributed by atoms with Crippen molar-refractivity contribution in [1.29, 1.82) is 0 Å². The molecule has 7 heteroatoms. The Morgan fingerprint density at radius 2 is 1.81 bits per heavy atom. The number of likely N-dealkylation sites (N-methyl/N-ethyl adjacent to an activating group) is 1. The number of piperidine rings is 1. The summed E-state index contributed by atoms with van der Waals surface area (Å²) in [7, 11) is 2.26. The molecule has 2 amide bonds. The standard InChI is InChI=1S/C24H35FN4O2/c1-27(19-5-3-2-4-6-19)11-12-28-13-15-29(16-14-28)22-9-7-18(17-21(22)25)20-8-10-23(30)26-24(20)31/h7,9,17,19-20H,2-6,8,10-16H2,1H3,(H,26,30,31). The van der Waals surface area contributed by atoms with Crippen molar-refractivity contribution >= 4 is 17.5 Å². The zero-order valence-electron chi connectivity index (χ0n) is 18.6. The monoisotopic (exact) mass is 430 g/mol. The number of nitrogens with zero attached hydrogens (tertiary/aromatic N) is 3. The van der Waals surface area contributed by atoms with Crippen LogP contribution in [0.5, 0.6) is 0 Å². The van der Waals surface area contributed by atoms with E-state index in [1.54, 1.807) is 6.07 Å². The minimum absolute atomic E-state index is 0.249. The summed E-state index contributed by atoms with van der Waals surface area (Å²) in [5.74, 6) is -1.30. The molecule has 1 N–H and O–H groups in total. The third kappa shape index (κ3) is 5.44. The lowest BCUT2D eigenvalue weighted by Gasteiger charge is -2.38. The molecule has 1 aromatic rings. The third-order valence-corrected chi connectivity index (χ3v) is 7.29. The maximum absolute atomic E-state index is 14.9. The Balaban J connectivity index is 1.27. The lowest BCUT2D eigenvalue weighted by molar-refractivity contribution is -0.134. The molecular weight excluding hydrogens is 395 g/mol. The van der Waals surface area contributed by atoms with Gasteiger partial charge >= 0.3 is 0 Å². The van der Waals surface area contributed by atoms with Crippen LogP contribution in [0.1, 0.15) is 56.4 Å². The normalized spacial score (nSPS) is 24.0. The van der Waals surface area contributed by atoms with Crippen molar-refractivity contribution in [3.63, 3.8) is 0 Å². The smallest absolute Gasteiger partial charge is 0.234 e. The summed E-state index contributed by atoms with van der Waals surface area (Å²) >= 11 is 0. The maximum Gasteiger partial charge on any atom is 0.234 e. The largest absolute Gasteiger partial charge is 0.367 e. The van der Waals surface area contributed by atoms with Crippen LogP contribution in [0.15, 0.2) is 18.2 Å². The van der Waals surface area contributed by atoms with Crippen LogP contribution >= 0.6 is 0 Å². The average molecular weight is 431 g/mol. The van der Waals surface area contributed by atoms with E-state index in [9.17, 15) is 14.0 Å². The number of amides is 2. The fourth-order valence-electron chi connectivity index (χ4n) is 5.22. The van der Waals surface area contributed by atoms with E-state index in [-0.39, 0.29) is 17.6 Å². The van der Waals surface area contributed by atoms with Gasteiger partial charge in [-0.05, 0) is 44.0 Å². The van der Waals surface area contributed by atoms with Gasteiger partial charge in [0.2, 0.25) is 11.8 Å². The van der Waals surface area contributed by atoms with E-state index in [2.05, 4.69) is 27.1 Å². The highest BCUT2D eigenvalue weighted by Gasteiger charge is 2.29. The molecule has 0 bridgehead atoms. The van der Waals surface area contributed by atoms with Crippen LogP contribution in [0.2, 0.25) is 0 Å². The first-order chi connectivity index (χ1) is 15.0. The van der Waals surface area contributed by atoms with E-state index in [1.807, 2.05) is 6.07 Å². The molecule has 0 aromatic heterocycles. The quantitative estimate of drug-likeness (QED) is 0.704. The molecule has 1 aliphatic carbocycles. The second-order valence-electron chi connectivity index (χ2n) is 9.32. The van der Waals surface area contributed by atoms with E-state index in [0.717, 1.165) is 45.3 Å². The van der Waals surface area contributed by atoms with E-state index < -0.39 is 5.92 Å². The highest BCUT2D eigenvalue weighted by atomic mass is 19.1. The van der Waals surface area contributed by atoms with Crippen molar-refractivity contribution in [2.45, 2.75) is 56.9 Å². The predicted molar refractivity (Wildman–Crippen MR) is 120 cm³/mol.